The second-order valence-electron chi connectivity index (χ2n) is 5.10. The molecule has 104 valence electrons. The molecule has 1 aromatic carbocycles. The van der Waals surface area contributed by atoms with E-state index >= 15 is 0 Å². The molecule has 0 amide bonds. The molecule has 1 atom stereocenters. The highest BCUT2D eigenvalue weighted by Crippen LogP contribution is 2.30. The summed E-state index contributed by atoms with van der Waals surface area (Å²) in [6.07, 6.45) is 9.03. The standard InChI is InChI=1S/C17H25NS/c1-3-19-16-12-10-15(11-13-16)17(18-2)14-8-6-4-5-7-9-14/h8,10-13,17-18H,3-7,9H2,1-2H3. The van der Waals surface area contributed by atoms with Crippen LogP contribution in [0.5, 0.6) is 0 Å². The summed E-state index contributed by atoms with van der Waals surface area (Å²) in [5.74, 6) is 1.14. The van der Waals surface area contributed by atoms with Crippen LogP contribution in [0.1, 0.15) is 50.6 Å². The van der Waals surface area contributed by atoms with Gasteiger partial charge in [0.1, 0.15) is 0 Å². The number of nitrogens with one attached hydrogen (secondary N) is 1. The molecule has 19 heavy (non-hydrogen) atoms. The van der Waals surface area contributed by atoms with Gasteiger partial charge in [-0.1, -0.05) is 37.1 Å². The van der Waals surface area contributed by atoms with Gasteiger partial charge < -0.3 is 5.32 Å². The second kappa shape index (κ2) is 7.76. The van der Waals surface area contributed by atoms with Crippen LogP contribution in [0.25, 0.3) is 0 Å². The first-order valence-corrected chi connectivity index (χ1v) is 8.42. The molecule has 2 rings (SSSR count). The highest BCUT2D eigenvalue weighted by atomic mass is 32.2. The maximum Gasteiger partial charge on any atom is 0.0533 e. The Morgan fingerprint density at radius 1 is 1.16 bits per heavy atom. The summed E-state index contributed by atoms with van der Waals surface area (Å²) in [5, 5.41) is 3.49. The van der Waals surface area contributed by atoms with Crippen molar-refractivity contribution in [1.82, 2.24) is 5.32 Å². The molecule has 0 aliphatic heterocycles. The van der Waals surface area contributed by atoms with E-state index in [0.717, 1.165) is 5.75 Å². The number of likely N-dealkylation sites (N-methyl/N-ethyl adjacent to an activating group) is 1. The minimum absolute atomic E-state index is 0.402. The molecule has 0 spiro atoms. The van der Waals surface area contributed by atoms with Crippen molar-refractivity contribution in [3.8, 4) is 0 Å². The molecule has 0 saturated carbocycles. The molecule has 0 fully saturated rings. The fourth-order valence-corrected chi connectivity index (χ4v) is 3.45. The van der Waals surface area contributed by atoms with Crippen LogP contribution in [0, 0.1) is 0 Å². The highest BCUT2D eigenvalue weighted by Gasteiger charge is 2.15. The Morgan fingerprint density at radius 3 is 2.63 bits per heavy atom. The van der Waals surface area contributed by atoms with Crippen molar-refractivity contribution < 1.29 is 0 Å². The van der Waals surface area contributed by atoms with E-state index in [2.05, 4.69) is 49.6 Å². The van der Waals surface area contributed by atoms with Gasteiger partial charge in [-0.25, -0.2) is 0 Å². The van der Waals surface area contributed by atoms with Crippen molar-refractivity contribution in [3.05, 3.63) is 41.5 Å². The molecule has 0 radical (unpaired) electrons. The molecular formula is C17H25NS. The van der Waals surface area contributed by atoms with Crippen LogP contribution in [-0.2, 0) is 0 Å². The smallest absolute Gasteiger partial charge is 0.0533 e. The van der Waals surface area contributed by atoms with Gasteiger partial charge in [-0.15, -0.1) is 11.8 Å². The predicted octanol–water partition coefficient (Wildman–Crippen LogP) is 4.95. The molecule has 0 bridgehead atoms. The third kappa shape index (κ3) is 4.12. The zero-order chi connectivity index (χ0) is 13.5. The van der Waals surface area contributed by atoms with E-state index in [-0.39, 0.29) is 0 Å². The Kier molecular flexibility index (Phi) is 5.99. The Morgan fingerprint density at radius 2 is 1.95 bits per heavy atom. The zero-order valence-electron chi connectivity index (χ0n) is 12.1. The Bertz CT molecular complexity index is 408. The summed E-state index contributed by atoms with van der Waals surface area (Å²) in [6, 6.07) is 9.48. The highest BCUT2D eigenvalue weighted by molar-refractivity contribution is 7.99. The summed E-state index contributed by atoms with van der Waals surface area (Å²) < 4.78 is 0. The lowest BCUT2D eigenvalue weighted by molar-refractivity contribution is 0.628. The molecule has 1 unspecified atom stereocenters. The summed E-state index contributed by atoms with van der Waals surface area (Å²) in [6.45, 7) is 2.20. The first kappa shape index (κ1) is 14.7. The van der Waals surface area contributed by atoms with Crippen LogP contribution in [-0.4, -0.2) is 12.8 Å². The fraction of sp³-hybridized carbons (Fsp3) is 0.529. The SMILES string of the molecule is CCSc1ccc(C(NC)C2=CCCCCC2)cc1. The molecule has 0 aromatic heterocycles. The molecule has 1 aromatic rings. The van der Waals surface area contributed by atoms with Crippen molar-refractivity contribution in [2.45, 2.75) is 50.0 Å². The van der Waals surface area contributed by atoms with Gasteiger partial charge >= 0.3 is 0 Å². The second-order valence-corrected chi connectivity index (χ2v) is 6.44. The molecule has 2 heteroatoms. The average molecular weight is 275 g/mol. The van der Waals surface area contributed by atoms with Gasteiger partial charge in [0.15, 0.2) is 0 Å². The fourth-order valence-electron chi connectivity index (χ4n) is 2.79. The zero-order valence-corrected chi connectivity index (χ0v) is 12.9. The third-order valence-electron chi connectivity index (χ3n) is 3.76. The Labute approximate surface area is 121 Å². The summed E-state index contributed by atoms with van der Waals surface area (Å²) in [5.41, 5.74) is 2.98. The number of thioether (sulfide) groups is 1. The molecular weight excluding hydrogens is 250 g/mol. The van der Waals surface area contributed by atoms with Gasteiger partial charge in [0.25, 0.3) is 0 Å². The minimum atomic E-state index is 0.402. The number of allylic oxidation sites excluding steroid dienone is 1. The molecule has 1 N–H and O–H groups in total. The summed E-state index contributed by atoms with van der Waals surface area (Å²) >= 11 is 1.91. The lowest BCUT2D eigenvalue weighted by Crippen LogP contribution is -2.18. The van der Waals surface area contributed by atoms with Gasteiger partial charge in [0.05, 0.1) is 6.04 Å². The topological polar surface area (TPSA) is 12.0 Å². The normalized spacial score (nSPS) is 17.7. The lowest BCUT2D eigenvalue weighted by Gasteiger charge is -2.20. The molecule has 0 saturated heterocycles. The summed E-state index contributed by atoms with van der Waals surface area (Å²) in [7, 11) is 2.07. The van der Waals surface area contributed by atoms with Gasteiger partial charge in [-0.05, 0) is 56.2 Å². The van der Waals surface area contributed by atoms with Crippen molar-refractivity contribution in [2.75, 3.05) is 12.8 Å². The quantitative estimate of drug-likeness (QED) is 0.603. The van der Waals surface area contributed by atoms with E-state index in [9.17, 15) is 0 Å². The van der Waals surface area contributed by atoms with E-state index in [4.69, 9.17) is 0 Å². The van der Waals surface area contributed by atoms with Crippen LogP contribution < -0.4 is 5.32 Å². The van der Waals surface area contributed by atoms with E-state index in [1.54, 1.807) is 5.57 Å². The maximum atomic E-state index is 3.49. The monoisotopic (exact) mass is 275 g/mol. The average Bonchev–Trinajstić information content (AvgIpc) is 2.71. The maximum absolute atomic E-state index is 3.49. The van der Waals surface area contributed by atoms with Crippen LogP contribution in [0.15, 0.2) is 40.8 Å². The van der Waals surface area contributed by atoms with Crippen LogP contribution in [0.2, 0.25) is 0 Å². The molecule has 1 aliphatic carbocycles. The Balaban J connectivity index is 2.13. The summed E-state index contributed by atoms with van der Waals surface area (Å²) in [4.78, 5) is 1.37. The molecule has 0 heterocycles. The minimum Gasteiger partial charge on any atom is -0.310 e. The van der Waals surface area contributed by atoms with Gasteiger partial charge in [0, 0.05) is 4.90 Å². The van der Waals surface area contributed by atoms with Crippen molar-refractivity contribution in [2.24, 2.45) is 0 Å². The molecule has 1 aliphatic rings. The number of hydrogen-bond acceptors (Lipinski definition) is 2. The van der Waals surface area contributed by atoms with E-state index in [1.165, 1.54) is 42.6 Å². The van der Waals surface area contributed by atoms with Crippen LogP contribution in [0.4, 0.5) is 0 Å². The van der Waals surface area contributed by atoms with Crippen molar-refractivity contribution >= 4 is 11.8 Å². The first-order valence-electron chi connectivity index (χ1n) is 7.44. The number of hydrogen-bond donors (Lipinski definition) is 1. The first-order chi connectivity index (χ1) is 9.35. The molecule has 1 nitrogen and oxygen atoms in total. The van der Waals surface area contributed by atoms with Gasteiger partial charge in [0.2, 0.25) is 0 Å². The van der Waals surface area contributed by atoms with Gasteiger partial charge in [-0.2, -0.15) is 0 Å². The predicted molar refractivity (Wildman–Crippen MR) is 85.8 cm³/mol. The third-order valence-corrected chi connectivity index (χ3v) is 4.65. The van der Waals surface area contributed by atoms with Crippen molar-refractivity contribution in [3.63, 3.8) is 0 Å². The van der Waals surface area contributed by atoms with Crippen LogP contribution in [0.3, 0.4) is 0 Å². The van der Waals surface area contributed by atoms with E-state index in [1.807, 2.05) is 11.8 Å². The Hall–Kier alpha value is -0.730. The largest absolute Gasteiger partial charge is 0.310 e. The van der Waals surface area contributed by atoms with Gasteiger partial charge in [-0.3, -0.25) is 0 Å². The van der Waals surface area contributed by atoms with Crippen LogP contribution >= 0.6 is 11.8 Å². The van der Waals surface area contributed by atoms with E-state index in [0.29, 0.717) is 6.04 Å². The van der Waals surface area contributed by atoms with Crippen molar-refractivity contribution in [1.29, 1.82) is 0 Å². The number of benzene rings is 1. The lowest BCUT2D eigenvalue weighted by atomic mass is 9.95. The van der Waals surface area contributed by atoms with E-state index < -0.39 is 0 Å². The number of rotatable bonds is 5.